The number of carbonyl (C=O) groups is 1. The lowest BCUT2D eigenvalue weighted by atomic mass is 9.96. The number of nitrogens with zero attached hydrogens (tertiary/aromatic N) is 2. The average Bonchev–Trinajstić information content (AvgIpc) is 2.94. The molecule has 0 bridgehead atoms. The topological polar surface area (TPSA) is 65.8 Å². The van der Waals surface area contributed by atoms with Gasteiger partial charge >= 0.3 is 0 Å². The predicted molar refractivity (Wildman–Crippen MR) is 78.6 cm³/mol. The number of hydrogen-bond acceptors (Lipinski definition) is 3. The van der Waals surface area contributed by atoms with E-state index in [0.29, 0.717) is 18.7 Å². The molecule has 1 atom stereocenters. The lowest BCUT2D eigenvalue weighted by molar-refractivity contribution is -0.120. The Bertz CT molecular complexity index is 704. The van der Waals surface area contributed by atoms with Crippen molar-refractivity contribution in [1.29, 1.82) is 5.26 Å². The van der Waals surface area contributed by atoms with Crippen LogP contribution in [0.4, 0.5) is 0 Å². The zero-order valence-corrected chi connectivity index (χ0v) is 11.5. The standard InChI is InChI=1S/C17H15N3O/c18-11-15-10-13(16-6-7-19-17(16)21)9-14(20-15)8-12-4-2-1-3-5-12/h1-5,9-10,16H,6-8H2,(H,19,21)/t16-/m0/s1. The third-order valence-electron chi connectivity index (χ3n) is 3.69. The van der Waals surface area contributed by atoms with Gasteiger partial charge in [0.1, 0.15) is 11.8 Å². The summed E-state index contributed by atoms with van der Waals surface area (Å²) < 4.78 is 0. The number of nitriles is 1. The summed E-state index contributed by atoms with van der Waals surface area (Å²) in [6.45, 7) is 0.696. The molecule has 2 heterocycles. The predicted octanol–water partition coefficient (Wildman–Crippen LogP) is 2.15. The fraction of sp³-hybridized carbons (Fsp3) is 0.235. The molecule has 0 saturated carbocycles. The fourth-order valence-electron chi connectivity index (χ4n) is 2.68. The number of pyridine rings is 1. The quantitative estimate of drug-likeness (QED) is 0.934. The van der Waals surface area contributed by atoms with Crippen molar-refractivity contribution in [2.45, 2.75) is 18.8 Å². The Morgan fingerprint density at radius 3 is 2.76 bits per heavy atom. The van der Waals surface area contributed by atoms with Crippen LogP contribution in [-0.2, 0) is 11.2 Å². The van der Waals surface area contributed by atoms with Crippen LogP contribution in [-0.4, -0.2) is 17.4 Å². The van der Waals surface area contributed by atoms with Crippen molar-refractivity contribution < 1.29 is 4.79 Å². The van der Waals surface area contributed by atoms with Gasteiger partial charge in [0.05, 0.1) is 5.92 Å². The summed E-state index contributed by atoms with van der Waals surface area (Å²) in [6.07, 6.45) is 1.44. The highest BCUT2D eigenvalue weighted by molar-refractivity contribution is 5.85. The number of hydrogen-bond donors (Lipinski definition) is 1. The van der Waals surface area contributed by atoms with Crippen molar-refractivity contribution in [2.75, 3.05) is 6.54 Å². The van der Waals surface area contributed by atoms with E-state index in [9.17, 15) is 4.79 Å². The highest BCUT2D eigenvalue weighted by Crippen LogP contribution is 2.25. The Kier molecular flexibility index (Phi) is 3.65. The molecule has 4 nitrogen and oxygen atoms in total. The summed E-state index contributed by atoms with van der Waals surface area (Å²) in [5.74, 6) is -0.120. The second-order valence-corrected chi connectivity index (χ2v) is 5.18. The maximum atomic E-state index is 11.8. The average molecular weight is 277 g/mol. The molecule has 0 radical (unpaired) electrons. The highest BCUT2D eigenvalue weighted by Gasteiger charge is 2.26. The lowest BCUT2D eigenvalue weighted by Crippen LogP contribution is -2.18. The number of rotatable bonds is 3. The van der Waals surface area contributed by atoms with Gasteiger partial charge in [-0.15, -0.1) is 0 Å². The summed E-state index contributed by atoms with van der Waals surface area (Å²) >= 11 is 0. The molecule has 1 aromatic heterocycles. The molecule has 1 saturated heterocycles. The molecule has 0 unspecified atom stereocenters. The van der Waals surface area contributed by atoms with Crippen molar-refractivity contribution >= 4 is 5.91 Å². The zero-order valence-electron chi connectivity index (χ0n) is 11.5. The van der Waals surface area contributed by atoms with Crippen LogP contribution in [0, 0.1) is 11.3 Å². The van der Waals surface area contributed by atoms with Crippen molar-refractivity contribution in [1.82, 2.24) is 10.3 Å². The van der Waals surface area contributed by atoms with Crippen molar-refractivity contribution in [3.63, 3.8) is 0 Å². The molecule has 21 heavy (non-hydrogen) atoms. The molecule has 1 amide bonds. The van der Waals surface area contributed by atoms with Gasteiger partial charge in [-0.1, -0.05) is 30.3 Å². The van der Waals surface area contributed by atoms with Crippen molar-refractivity contribution in [2.24, 2.45) is 0 Å². The first kappa shape index (κ1) is 13.3. The van der Waals surface area contributed by atoms with Crippen LogP contribution in [0.15, 0.2) is 42.5 Å². The summed E-state index contributed by atoms with van der Waals surface area (Å²) in [5, 5.41) is 12.0. The van der Waals surface area contributed by atoms with Crippen molar-refractivity contribution in [3.8, 4) is 6.07 Å². The first-order valence-corrected chi connectivity index (χ1v) is 6.99. The minimum absolute atomic E-state index is 0.0377. The van der Waals surface area contributed by atoms with Crippen LogP contribution < -0.4 is 5.32 Å². The largest absolute Gasteiger partial charge is 0.356 e. The van der Waals surface area contributed by atoms with Crippen LogP contribution >= 0.6 is 0 Å². The van der Waals surface area contributed by atoms with E-state index in [1.807, 2.05) is 36.4 Å². The van der Waals surface area contributed by atoms with Crippen LogP contribution in [0.3, 0.4) is 0 Å². The first-order valence-electron chi connectivity index (χ1n) is 6.99. The lowest BCUT2D eigenvalue weighted by Gasteiger charge is -2.10. The molecule has 1 aliphatic heterocycles. The smallest absolute Gasteiger partial charge is 0.227 e. The van der Waals surface area contributed by atoms with Gasteiger partial charge in [0.15, 0.2) is 0 Å². The molecule has 1 aliphatic rings. The molecule has 104 valence electrons. The molecule has 3 rings (SSSR count). The second kappa shape index (κ2) is 5.76. The Labute approximate surface area is 123 Å². The van der Waals surface area contributed by atoms with Crippen molar-refractivity contribution in [3.05, 3.63) is 65.0 Å². The molecule has 0 aliphatic carbocycles. The zero-order chi connectivity index (χ0) is 14.7. The molecule has 1 N–H and O–H groups in total. The molecule has 0 spiro atoms. The van der Waals surface area contributed by atoms with Gasteiger partial charge in [-0.25, -0.2) is 4.98 Å². The Morgan fingerprint density at radius 1 is 1.29 bits per heavy atom. The summed E-state index contributed by atoms with van der Waals surface area (Å²) in [6, 6.07) is 15.8. The van der Waals surface area contributed by atoms with Gasteiger partial charge in [-0.3, -0.25) is 4.79 Å². The molecule has 2 aromatic rings. The van der Waals surface area contributed by atoms with E-state index >= 15 is 0 Å². The van der Waals surface area contributed by atoms with Gasteiger partial charge < -0.3 is 5.32 Å². The van der Waals surface area contributed by atoms with E-state index < -0.39 is 0 Å². The van der Waals surface area contributed by atoms with E-state index in [1.54, 1.807) is 6.07 Å². The second-order valence-electron chi connectivity index (χ2n) is 5.18. The van der Waals surface area contributed by atoms with Crippen LogP contribution in [0.25, 0.3) is 0 Å². The third-order valence-corrected chi connectivity index (χ3v) is 3.69. The van der Waals surface area contributed by atoms with E-state index in [-0.39, 0.29) is 11.8 Å². The normalized spacial score (nSPS) is 17.3. The minimum Gasteiger partial charge on any atom is -0.356 e. The van der Waals surface area contributed by atoms with E-state index in [0.717, 1.165) is 23.2 Å². The first-order chi connectivity index (χ1) is 10.3. The highest BCUT2D eigenvalue weighted by atomic mass is 16.2. The summed E-state index contributed by atoms with van der Waals surface area (Å²) in [7, 11) is 0. The Balaban J connectivity index is 1.94. The minimum atomic E-state index is -0.158. The Morgan fingerprint density at radius 2 is 2.10 bits per heavy atom. The number of nitrogens with one attached hydrogen (secondary N) is 1. The Hall–Kier alpha value is -2.67. The number of benzene rings is 1. The molecular weight excluding hydrogens is 262 g/mol. The SMILES string of the molecule is N#Cc1cc([C@@H]2CCNC2=O)cc(Cc2ccccc2)n1. The summed E-state index contributed by atoms with van der Waals surface area (Å²) in [4.78, 5) is 16.2. The third kappa shape index (κ3) is 2.92. The van der Waals surface area contributed by atoms with E-state index in [2.05, 4.69) is 16.4 Å². The monoisotopic (exact) mass is 277 g/mol. The molecule has 1 aromatic carbocycles. The summed E-state index contributed by atoms with van der Waals surface area (Å²) in [5.41, 5.74) is 3.23. The fourth-order valence-corrected chi connectivity index (χ4v) is 2.68. The van der Waals surface area contributed by atoms with Gasteiger partial charge in [-0.05, 0) is 29.7 Å². The van der Waals surface area contributed by atoms with Gasteiger partial charge in [-0.2, -0.15) is 5.26 Å². The van der Waals surface area contributed by atoms with Gasteiger partial charge in [0.2, 0.25) is 5.91 Å². The number of aromatic nitrogens is 1. The van der Waals surface area contributed by atoms with Crippen LogP contribution in [0.5, 0.6) is 0 Å². The van der Waals surface area contributed by atoms with E-state index in [1.165, 1.54) is 0 Å². The van der Waals surface area contributed by atoms with Crippen LogP contribution in [0.1, 0.15) is 34.9 Å². The van der Waals surface area contributed by atoms with Crippen LogP contribution in [0.2, 0.25) is 0 Å². The molecule has 1 fully saturated rings. The van der Waals surface area contributed by atoms with Gasteiger partial charge in [0, 0.05) is 18.7 Å². The maximum Gasteiger partial charge on any atom is 0.227 e. The number of amides is 1. The van der Waals surface area contributed by atoms with Gasteiger partial charge in [0.25, 0.3) is 0 Å². The maximum absolute atomic E-state index is 11.8. The number of carbonyl (C=O) groups excluding carboxylic acids is 1. The molecule has 4 heteroatoms. The van der Waals surface area contributed by atoms with E-state index in [4.69, 9.17) is 5.26 Å². The molecular formula is C17H15N3O.